The summed E-state index contributed by atoms with van der Waals surface area (Å²) >= 11 is 0. The first kappa shape index (κ1) is 15.4. The second-order valence-corrected chi connectivity index (χ2v) is 6.21. The first-order valence-electron chi connectivity index (χ1n) is 7.83. The molecule has 1 aliphatic heterocycles. The van der Waals surface area contributed by atoms with Gasteiger partial charge in [-0.3, -0.25) is 4.90 Å². The average Bonchev–Trinajstić information content (AvgIpc) is 2.51. The van der Waals surface area contributed by atoms with Crippen molar-refractivity contribution in [3.8, 4) is 0 Å². The van der Waals surface area contributed by atoms with Crippen LogP contribution in [0.25, 0.3) is 0 Å². The van der Waals surface area contributed by atoms with Crippen LogP contribution in [0.4, 0.5) is 0 Å². The fourth-order valence-electron chi connectivity index (χ4n) is 3.00. The predicted molar refractivity (Wildman–Crippen MR) is 82.5 cm³/mol. The van der Waals surface area contributed by atoms with Gasteiger partial charge < -0.3 is 5.32 Å². The molecule has 0 bridgehead atoms. The van der Waals surface area contributed by atoms with Gasteiger partial charge in [-0.05, 0) is 32.3 Å². The Morgan fingerprint density at radius 1 is 1.15 bits per heavy atom. The Morgan fingerprint density at radius 3 is 2.35 bits per heavy atom. The highest BCUT2D eigenvalue weighted by Crippen LogP contribution is 2.31. The van der Waals surface area contributed by atoms with E-state index in [9.17, 15) is 0 Å². The lowest BCUT2D eigenvalue weighted by molar-refractivity contribution is 0.00100. The number of nitrogens with zero attached hydrogens (tertiary/aromatic N) is 3. The molecule has 20 heavy (non-hydrogen) atoms. The maximum absolute atomic E-state index is 4.40. The first-order chi connectivity index (χ1) is 9.57. The van der Waals surface area contributed by atoms with Crippen LogP contribution in [0.3, 0.4) is 0 Å². The predicted octanol–water partition coefficient (Wildman–Crippen LogP) is 2.61. The Kier molecular flexibility index (Phi) is 4.76. The van der Waals surface area contributed by atoms with E-state index in [1.165, 1.54) is 0 Å². The molecule has 0 spiro atoms. The third-order valence-electron chi connectivity index (χ3n) is 5.17. The van der Waals surface area contributed by atoms with E-state index >= 15 is 0 Å². The summed E-state index contributed by atoms with van der Waals surface area (Å²) in [6.45, 7) is 12.1. The zero-order valence-electron chi connectivity index (χ0n) is 13.3. The van der Waals surface area contributed by atoms with Crippen LogP contribution in [0.2, 0.25) is 0 Å². The molecule has 1 aromatic rings. The highest BCUT2D eigenvalue weighted by atomic mass is 15.3. The standard InChI is InChI=1S/C16H28N4/c1-5-15(4)12-19-16(6-2,7-3)13-20(15)11-14-17-9-8-10-18-14/h8-10,19H,5-7,11-13H2,1-4H3. The van der Waals surface area contributed by atoms with Gasteiger partial charge >= 0.3 is 0 Å². The minimum absolute atomic E-state index is 0.188. The van der Waals surface area contributed by atoms with E-state index in [1.54, 1.807) is 0 Å². The topological polar surface area (TPSA) is 41.1 Å². The van der Waals surface area contributed by atoms with Gasteiger partial charge in [0.1, 0.15) is 5.82 Å². The second kappa shape index (κ2) is 6.19. The summed E-state index contributed by atoms with van der Waals surface area (Å²) < 4.78 is 0. The van der Waals surface area contributed by atoms with E-state index in [0.717, 1.165) is 44.7 Å². The summed E-state index contributed by atoms with van der Waals surface area (Å²) in [5.74, 6) is 0.926. The van der Waals surface area contributed by atoms with Gasteiger partial charge in [-0.15, -0.1) is 0 Å². The fraction of sp³-hybridized carbons (Fsp3) is 0.750. The quantitative estimate of drug-likeness (QED) is 0.897. The van der Waals surface area contributed by atoms with Crippen LogP contribution in [-0.2, 0) is 6.54 Å². The molecule has 0 saturated carbocycles. The van der Waals surface area contributed by atoms with Crippen molar-refractivity contribution in [2.75, 3.05) is 13.1 Å². The van der Waals surface area contributed by atoms with Crippen molar-refractivity contribution >= 4 is 0 Å². The summed E-state index contributed by atoms with van der Waals surface area (Å²) in [5.41, 5.74) is 0.427. The number of hydrogen-bond acceptors (Lipinski definition) is 4. The molecule has 1 aliphatic rings. The Hall–Kier alpha value is -1.00. The number of rotatable bonds is 5. The summed E-state index contributed by atoms with van der Waals surface area (Å²) in [6, 6.07) is 1.88. The van der Waals surface area contributed by atoms with Crippen LogP contribution in [0.5, 0.6) is 0 Å². The van der Waals surface area contributed by atoms with Crippen molar-refractivity contribution in [1.29, 1.82) is 0 Å². The van der Waals surface area contributed by atoms with Crippen molar-refractivity contribution in [1.82, 2.24) is 20.2 Å². The van der Waals surface area contributed by atoms with Gasteiger partial charge in [-0.25, -0.2) is 9.97 Å². The van der Waals surface area contributed by atoms with Crippen molar-refractivity contribution in [2.24, 2.45) is 0 Å². The maximum Gasteiger partial charge on any atom is 0.142 e. The van der Waals surface area contributed by atoms with Gasteiger partial charge in [0, 0.05) is 36.6 Å². The molecule has 1 saturated heterocycles. The molecule has 0 amide bonds. The minimum Gasteiger partial charge on any atom is -0.308 e. The molecule has 0 aromatic carbocycles. The smallest absolute Gasteiger partial charge is 0.142 e. The van der Waals surface area contributed by atoms with Crippen LogP contribution >= 0.6 is 0 Å². The Bertz CT molecular complexity index is 416. The molecule has 1 aromatic heterocycles. The summed E-state index contributed by atoms with van der Waals surface area (Å²) in [5, 5.41) is 3.81. The van der Waals surface area contributed by atoms with Gasteiger partial charge in [-0.2, -0.15) is 0 Å². The first-order valence-corrected chi connectivity index (χ1v) is 7.83. The molecule has 1 fully saturated rings. The lowest BCUT2D eigenvalue weighted by Crippen LogP contribution is -2.68. The van der Waals surface area contributed by atoms with Crippen molar-refractivity contribution in [3.05, 3.63) is 24.3 Å². The number of aromatic nitrogens is 2. The van der Waals surface area contributed by atoms with Crippen molar-refractivity contribution < 1.29 is 0 Å². The zero-order valence-corrected chi connectivity index (χ0v) is 13.3. The Morgan fingerprint density at radius 2 is 1.80 bits per heavy atom. The Labute approximate surface area is 123 Å². The lowest BCUT2D eigenvalue weighted by atomic mass is 9.83. The van der Waals surface area contributed by atoms with Crippen LogP contribution < -0.4 is 5.32 Å². The van der Waals surface area contributed by atoms with E-state index in [1.807, 2.05) is 18.5 Å². The van der Waals surface area contributed by atoms with Gasteiger partial charge in [0.2, 0.25) is 0 Å². The molecule has 4 heteroatoms. The summed E-state index contributed by atoms with van der Waals surface area (Å²) in [6.07, 6.45) is 7.13. The molecule has 1 N–H and O–H groups in total. The molecule has 2 heterocycles. The third-order valence-corrected chi connectivity index (χ3v) is 5.17. The van der Waals surface area contributed by atoms with Crippen molar-refractivity contribution in [3.63, 3.8) is 0 Å². The SMILES string of the molecule is CCC1(CC)CN(Cc2ncccn2)C(C)(CC)CN1. The van der Waals surface area contributed by atoms with Crippen LogP contribution in [-0.4, -0.2) is 39.0 Å². The molecule has 0 radical (unpaired) electrons. The lowest BCUT2D eigenvalue weighted by Gasteiger charge is -2.53. The van der Waals surface area contributed by atoms with E-state index in [4.69, 9.17) is 0 Å². The molecule has 1 atom stereocenters. The molecular formula is C16H28N4. The van der Waals surface area contributed by atoms with E-state index in [0.29, 0.717) is 0 Å². The monoisotopic (exact) mass is 276 g/mol. The molecule has 2 rings (SSSR count). The van der Waals surface area contributed by atoms with Gasteiger partial charge in [0.25, 0.3) is 0 Å². The maximum atomic E-state index is 4.40. The molecule has 112 valence electrons. The minimum atomic E-state index is 0.188. The number of piperazine rings is 1. The Balaban J connectivity index is 2.19. The van der Waals surface area contributed by atoms with Gasteiger partial charge in [0.15, 0.2) is 0 Å². The third kappa shape index (κ3) is 3.01. The van der Waals surface area contributed by atoms with Gasteiger partial charge in [0.05, 0.1) is 6.54 Å². The molecule has 0 aliphatic carbocycles. The average molecular weight is 276 g/mol. The zero-order chi connectivity index (χ0) is 14.6. The molecule has 4 nitrogen and oxygen atoms in total. The highest BCUT2D eigenvalue weighted by molar-refractivity contribution is 5.03. The van der Waals surface area contributed by atoms with Crippen LogP contribution in [0.1, 0.15) is 52.8 Å². The van der Waals surface area contributed by atoms with E-state index in [2.05, 4.69) is 47.9 Å². The van der Waals surface area contributed by atoms with Gasteiger partial charge in [-0.1, -0.05) is 20.8 Å². The largest absolute Gasteiger partial charge is 0.308 e. The summed E-state index contributed by atoms with van der Waals surface area (Å²) in [4.78, 5) is 11.4. The second-order valence-electron chi connectivity index (χ2n) is 6.21. The van der Waals surface area contributed by atoms with Crippen LogP contribution in [0.15, 0.2) is 18.5 Å². The van der Waals surface area contributed by atoms with E-state index in [-0.39, 0.29) is 11.1 Å². The highest BCUT2D eigenvalue weighted by Gasteiger charge is 2.42. The van der Waals surface area contributed by atoms with Crippen molar-refractivity contribution in [2.45, 2.75) is 64.6 Å². The fourth-order valence-corrected chi connectivity index (χ4v) is 3.00. The number of nitrogens with one attached hydrogen (secondary N) is 1. The molecule has 1 unspecified atom stereocenters. The summed E-state index contributed by atoms with van der Waals surface area (Å²) in [7, 11) is 0. The van der Waals surface area contributed by atoms with E-state index < -0.39 is 0 Å². The van der Waals surface area contributed by atoms with Crippen LogP contribution in [0, 0.1) is 0 Å². The molecular weight excluding hydrogens is 248 g/mol. The normalized spacial score (nSPS) is 26.6. The number of hydrogen-bond donors (Lipinski definition) is 1.